The highest BCUT2D eigenvalue weighted by Gasteiger charge is 2.36. The zero-order valence-electron chi connectivity index (χ0n) is 17.8. The SMILES string of the molecule is CCOC(=O)c1c(C)[nH]c(C(=O)Nc2cccc(N3C(=O)c4ccccc4C3=O)c2)c1C. The summed E-state index contributed by atoms with van der Waals surface area (Å²) >= 11 is 0. The normalized spacial score (nSPS) is 12.7. The molecule has 1 aliphatic rings. The Labute approximate surface area is 184 Å². The van der Waals surface area contributed by atoms with Crippen molar-refractivity contribution in [2.45, 2.75) is 20.8 Å². The second-order valence-corrected chi connectivity index (χ2v) is 7.34. The maximum absolute atomic E-state index is 12.9. The summed E-state index contributed by atoms with van der Waals surface area (Å²) in [7, 11) is 0. The highest BCUT2D eigenvalue weighted by atomic mass is 16.5. The molecule has 0 fully saturated rings. The van der Waals surface area contributed by atoms with Gasteiger partial charge in [0.15, 0.2) is 0 Å². The predicted molar refractivity (Wildman–Crippen MR) is 118 cm³/mol. The van der Waals surface area contributed by atoms with Crippen molar-refractivity contribution in [1.82, 2.24) is 4.98 Å². The van der Waals surface area contributed by atoms with E-state index in [9.17, 15) is 19.2 Å². The number of benzene rings is 2. The van der Waals surface area contributed by atoms with E-state index in [4.69, 9.17) is 4.74 Å². The predicted octanol–water partition coefficient (Wildman–Crippen LogP) is 3.86. The van der Waals surface area contributed by atoms with Gasteiger partial charge in [0.1, 0.15) is 5.69 Å². The second-order valence-electron chi connectivity index (χ2n) is 7.34. The van der Waals surface area contributed by atoms with Gasteiger partial charge in [0, 0.05) is 11.4 Å². The van der Waals surface area contributed by atoms with Gasteiger partial charge in [-0.25, -0.2) is 9.69 Å². The Hall–Kier alpha value is -4.20. The molecular weight excluding hydrogens is 410 g/mol. The van der Waals surface area contributed by atoms with Crippen LogP contribution in [0.4, 0.5) is 11.4 Å². The summed E-state index contributed by atoms with van der Waals surface area (Å²) in [4.78, 5) is 54.6. The van der Waals surface area contributed by atoms with Crippen molar-refractivity contribution in [2.24, 2.45) is 0 Å². The van der Waals surface area contributed by atoms with Gasteiger partial charge < -0.3 is 15.0 Å². The molecule has 2 heterocycles. The quantitative estimate of drug-likeness (QED) is 0.471. The van der Waals surface area contributed by atoms with Crippen molar-refractivity contribution >= 4 is 35.1 Å². The monoisotopic (exact) mass is 431 g/mol. The number of ether oxygens (including phenoxy) is 1. The van der Waals surface area contributed by atoms with E-state index in [0.717, 1.165) is 4.90 Å². The third-order valence-corrected chi connectivity index (χ3v) is 5.30. The molecule has 2 N–H and O–H groups in total. The van der Waals surface area contributed by atoms with Crippen LogP contribution in [0.1, 0.15) is 59.7 Å². The van der Waals surface area contributed by atoms with E-state index in [1.165, 1.54) is 0 Å². The summed E-state index contributed by atoms with van der Waals surface area (Å²) in [5, 5.41) is 2.75. The summed E-state index contributed by atoms with van der Waals surface area (Å²) in [5.41, 5.74) is 3.01. The number of anilines is 2. The fraction of sp³-hybridized carbons (Fsp3) is 0.167. The maximum Gasteiger partial charge on any atom is 0.340 e. The van der Waals surface area contributed by atoms with E-state index in [0.29, 0.717) is 39.3 Å². The minimum Gasteiger partial charge on any atom is -0.462 e. The first-order chi connectivity index (χ1) is 15.3. The highest BCUT2D eigenvalue weighted by Crippen LogP contribution is 2.30. The van der Waals surface area contributed by atoms with Crippen LogP contribution in [-0.4, -0.2) is 35.3 Å². The zero-order chi connectivity index (χ0) is 23.0. The first-order valence-corrected chi connectivity index (χ1v) is 10.1. The van der Waals surface area contributed by atoms with Gasteiger partial charge in [-0.05, 0) is 56.7 Å². The van der Waals surface area contributed by atoms with E-state index in [1.54, 1.807) is 69.3 Å². The van der Waals surface area contributed by atoms with E-state index >= 15 is 0 Å². The molecule has 0 radical (unpaired) electrons. The lowest BCUT2D eigenvalue weighted by Gasteiger charge is -2.15. The van der Waals surface area contributed by atoms with Gasteiger partial charge in [0.05, 0.1) is 29.0 Å². The molecule has 3 amide bonds. The van der Waals surface area contributed by atoms with Crippen LogP contribution in [0.5, 0.6) is 0 Å². The van der Waals surface area contributed by atoms with Crippen LogP contribution in [0, 0.1) is 13.8 Å². The Bertz CT molecular complexity index is 1240. The number of nitrogens with one attached hydrogen (secondary N) is 2. The number of aromatic amines is 1. The molecule has 3 aromatic rings. The van der Waals surface area contributed by atoms with Gasteiger partial charge in [-0.1, -0.05) is 18.2 Å². The molecule has 0 aliphatic carbocycles. The first-order valence-electron chi connectivity index (χ1n) is 10.1. The molecule has 0 atom stereocenters. The number of H-pyrrole nitrogens is 1. The highest BCUT2D eigenvalue weighted by molar-refractivity contribution is 6.34. The van der Waals surface area contributed by atoms with E-state index in [1.807, 2.05) is 0 Å². The number of nitrogens with zero attached hydrogens (tertiary/aromatic N) is 1. The number of carbonyl (C=O) groups excluding carboxylic acids is 4. The van der Waals surface area contributed by atoms with Crippen molar-refractivity contribution in [3.05, 3.63) is 82.2 Å². The molecule has 0 unspecified atom stereocenters. The van der Waals surface area contributed by atoms with Gasteiger partial charge in [-0.3, -0.25) is 14.4 Å². The average molecular weight is 431 g/mol. The van der Waals surface area contributed by atoms with Gasteiger partial charge in [-0.2, -0.15) is 0 Å². The van der Waals surface area contributed by atoms with Crippen molar-refractivity contribution in [3.63, 3.8) is 0 Å². The molecule has 162 valence electrons. The number of amides is 3. The molecule has 0 bridgehead atoms. The van der Waals surface area contributed by atoms with Crippen LogP contribution < -0.4 is 10.2 Å². The summed E-state index contributed by atoms with van der Waals surface area (Å²) in [5.74, 6) is -1.78. The lowest BCUT2D eigenvalue weighted by Crippen LogP contribution is -2.29. The molecule has 0 saturated heterocycles. The maximum atomic E-state index is 12.9. The Morgan fingerprint density at radius 3 is 2.28 bits per heavy atom. The number of fused-ring (bicyclic) bond motifs is 1. The molecule has 1 aliphatic heterocycles. The topological polar surface area (TPSA) is 109 Å². The molecule has 1 aromatic heterocycles. The minimum absolute atomic E-state index is 0.231. The summed E-state index contributed by atoms with van der Waals surface area (Å²) in [6.45, 7) is 5.30. The lowest BCUT2D eigenvalue weighted by molar-refractivity contribution is 0.0524. The van der Waals surface area contributed by atoms with Crippen LogP contribution in [-0.2, 0) is 4.74 Å². The summed E-state index contributed by atoms with van der Waals surface area (Å²) in [6, 6.07) is 13.1. The van der Waals surface area contributed by atoms with Crippen LogP contribution in [0.3, 0.4) is 0 Å². The molecule has 8 heteroatoms. The Kier molecular flexibility index (Phi) is 5.36. The molecule has 0 saturated carbocycles. The number of hydrogen-bond acceptors (Lipinski definition) is 5. The Morgan fingerprint density at radius 1 is 1.00 bits per heavy atom. The fourth-order valence-electron chi connectivity index (χ4n) is 3.83. The minimum atomic E-state index is -0.495. The van der Waals surface area contributed by atoms with E-state index < -0.39 is 23.7 Å². The number of aromatic nitrogens is 1. The molecule has 2 aromatic carbocycles. The largest absolute Gasteiger partial charge is 0.462 e. The van der Waals surface area contributed by atoms with Crippen LogP contribution in [0.15, 0.2) is 48.5 Å². The standard InChI is InChI=1S/C24H21N3O5/c1-4-32-24(31)19-13(2)20(25-14(19)3)21(28)26-15-8-7-9-16(12-15)27-22(29)17-10-5-6-11-18(17)23(27)30/h5-12,25H,4H2,1-3H3,(H,26,28). The smallest absolute Gasteiger partial charge is 0.340 e. The van der Waals surface area contributed by atoms with E-state index in [2.05, 4.69) is 10.3 Å². The second kappa shape index (κ2) is 8.14. The molecule has 32 heavy (non-hydrogen) atoms. The Morgan fingerprint density at radius 2 is 1.66 bits per heavy atom. The fourth-order valence-corrected chi connectivity index (χ4v) is 3.83. The Balaban J connectivity index is 1.59. The molecule has 4 rings (SSSR count). The van der Waals surface area contributed by atoms with Gasteiger partial charge in [0.2, 0.25) is 0 Å². The number of rotatable bonds is 5. The van der Waals surface area contributed by atoms with Gasteiger partial charge in [0.25, 0.3) is 17.7 Å². The van der Waals surface area contributed by atoms with Crippen molar-refractivity contribution in [2.75, 3.05) is 16.8 Å². The van der Waals surface area contributed by atoms with Crippen LogP contribution >= 0.6 is 0 Å². The summed E-state index contributed by atoms with van der Waals surface area (Å²) < 4.78 is 5.06. The molecule has 8 nitrogen and oxygen atoms in total. The molecular formula is C24H21N3O5. The third-order valence-electron chi connectivity index (χ3n) is 5.30. The average Bonchev–Trinajstić information content (AvgIpc) is 3.21. The van der Waals surface area contributed by atoms with Crippen LogP contribution in [0.25, 0.3) is 0 Å². The number of esters is 1. The molecule has 0 spiro atoms. The van der Waals surface area contributed by atoms with Crippen LogP contribution in [0.2, 0.25) is 0 Å². The lowest BCUT2D eigenvalue weighted by atomic mass is 10.1. The number of hydrogen-bond donors (Lipinski definition) is 2. The van der Waals surface area contributed by atoms with Crippen molar-refractivity contribution < 1.29 is 23.9 Å². The number of carbonyl (C=O) groups is 4. The van der Waals surface area contributed by atoms with Gasteiger partial charge >= 0.3 is 5.97 Å². The first kappa shape index (κ1) is 21.0. The summed E-state index contributed by atoms with van der Waals surface area (Å²) in [6.07, 6.45) is 0. The van der Waals surface area contributed by atoms with Crippen molar-refractivity contribution in [1.29, 1.82) is 0 Å². The zero-order valence-corrected chi connectivity index (χ0v) is 17.8. The van der Waals surface area contributed by atoms with E-state index in [-0.39, 0.29) is 12.3 Å². The van der Waals surface area contributed by atoms with Gasteiger partial charge in [-0.15, -0.1) is 0 Å². The van der Waals surface area contributed by atoms with Crippen molar-refractivity contribution in [3.8, 4) is 0 Å². The number of imide groups is 1. The number of aryl methyl sites for hydroxylation is 1. The third kappa shape index (κ3) is 3.45.